The molecule has 2 amide bonds. The van der Waals surface area contributed by atoms with Crippen molar-refractivity contribution in [2.75, 3.05) is 38.3 Å². The van der Waals surface area contributed by atoms with Gasteiger partial charge in [-0.2, -0.15) is 0 Å². The highest BCUT2D eigenvalue weighted by Gasteiger charge is 2.41. The van der Waals surface area contributed by atoms with Crippen LogP contribution in [0.15, 0.2) is 48.5 Å². The van der Waals surface area contributed by atoms with Crippen molar-refractivity contribution in [3.63, 3.8) is 0 Å². The fraction of sp³-hybridized carbons (Fsp3) is 0.417. The third kappa shape index (κ3) is 6.06. The topological polar surface area (TPSA) is 76.7 Å². The van der Waals surface area contributed by atoms with Crippen molar-refractivity contribution >= 4 is 29.1 Å². The van der Waals surface area contributed by atoms with Crippen LogP contribution >= 0.6 is 11.6 Å². The van der Waals surface area contributed by atoms with Crippen molar-refractivity contribution in [1.29, 1.82) is 0 Å². The van der Waals surface area contributed by atoms with Crippen LogP contribution in [0.3, 0.4) is 0 Å². The van der Waals surface area contributed by atoms with Crippen molar-refractivity contribution in [3.8, 4) is 0 Å². The number of anilines is 1. The Morgan fingerprint density at radius 3 is 2.65 bits per heavy atom. The van der Waals surface area contributed by atoms with E-state index in [1.165, 1.54) is 0 Å². The van der Waals surface area contributed by atoms with Crippen LogP contribution in [-0.2, 0) is 19.7 Å². The fourth-order valence-corrected chi connectivity index (χ4v) is 3.95. The van der Waals surface area contributed by atoms with E-state index in [4.69, 9.17) is 21.1 Å². The van der Waals surface area contributed by atoms with E-state index in [1.807, 2.05) is 25.1 Å². The lowest BCUT2D eigenvalue weighted by Gasteiger charge is -2.36. The minimum absolute atomic E-state index is 0.118. The van der Waals surface area contributed by atoms with E-state index in [-0.39, 0.29) is 11.8 Å². The molecule has 1 aliphatic heterocycles. The van der Waals surface area contributed by atoms with Crippen molar-refractivity contribution < 1.29 is 19.1 Å². The first kappa shape index (κ1) is 23.3. The predicted octanol–water partition coefficient (Wildman–Crippen LogP) is 4.18. The van der Waals surface area contributed by atoms with Gasteiger partial charge < -0.3 is 20.1 Å². The standard InChI is InChI=1S/C24H29ClN2O4/c1-2-30-13-5-12-26-22(28)18-6-3-9-21(16-18)27-23(29)24(10-14-31-15-11-24)19-7-4-8-20(25)17-19/h3-4,6-9,16-17H,2,5,10-15H2,1H3,(H,26,28)(H,27,29). The molecule has 0 radical (unpaired) electrons. The Bertz CT molecular complexity index is 897. The average molecular weight is 445 g/mol. The minimum atomic E-state index is -0.722. The molecule has 31 heavy (non-hydrogen) atoms. The summed E-state index contributed by atoms with van der Waals surface area (Å²) in [5.41, 5.74) is 1.24. The normalized spacial score (nSPS) is 15.3. The summed E-state index contributed by atoms with van der Waals surface area (Å²) in [4.78, 5) is 25.9. The van der Waals surface area contributed by atoms with Crippen molar-refractivity contribution in [2.24, 2.45) is 0 Å². The third-order valence-corrected chi connectivity index (χ3v) is 5.73. The molecule has 0 atom stereocenters. The Morgan fingerprint density at radius 2 is 1.90 bits per heavy atom. The van der Waals surface area contributed by atoms with Crippen LogP contribution in [-0.4, -0.2) is 44.8 Å². The molecule has 0 saturated carbocycles. The molecule has 0 unspecified atom stereocenters. The van der Waals surface area contributed by atoms with Crippen LogP contribution in [0.2, 0.25) is 5.02 Å². The summed E-state index contributed by atoms with van der Waals surface area (Å²) in [6.45, 7) is 4.76. The van der Waals surface area contributed by atoms with E-state index >= 15 is 0 Å². The molecule has 0 bridgehead atoms. The van der Waals surface area contributed by atoms with Crippen LogP contribution in [0.25, 0.3) is 0 Å². The first-order valence-electron chi connectivity index (χ1n) is 10.7. The van der Waals surface area contributed by atoms with Gasteiger partial charge in [0.05, 0.1) is 5.41 Å². The van der Waals surface area contributed by atoms with Gasteiger partial charge in [-0.15, -0.1) is 0 Å². The van der Waals surface area contributed by atoms with Gasteiger partial charge in [-0.3, -0.25) is 9.59 Å². The SMILES string of the molecule is CCOCCCNC(=O)c1cccc(NC(=O)C2(c3cccc(Cl)c3)CCOCC2)c1. The lowest BCUT2D eigenvalue weighted by molar-refractivity contribution is -0.125. The molecule has 0 aliphatic carbocycles. The summed E-state index contributed by atoms with van der Waals surface area (Å²) in [6.07, 6.45) is 1.89. The first-order valence-corrected chi connectivity index (χ1v) is 11.0. The second-order valence-electron chi connectivity index (χ2n) is 7.55. The Labute approximate surface area is 188 Å². The summed E-state index contributed by atoms with van der Waals surface area (Å²) in [6, 6.07) is 14.4. The highest BCUT2D eigenvalue weighted by atomic mass is 35.5. The Morgan fingerprint density at radius 1 is 1.13 bits per heavy atom. The zero-order chi connectivity index (χ0) is 22.1. The molecule has 1 heterocycles. The molecule has 1 saturated heterocycles. The van der Waals surface area contributed by atoms with Gasteiger partial charge in [0.15, 0.2) is 0 Å². The van der Waals surface area contributed by atoms with Gasteiger partial charge in [0.2, 0.25) is 5.91 Å². The minimum Gasteiger partial charge on any atom is -0.382 e. The molecule has 3 rings (SSSR count). The molecule has 2 N–H and O–H groups in total. The number of amides is 2. The number of carbonyl (C=O) groups excluding carboxylic acids is 2. The Balaban J connectivity index is 1.71. The summed E-state index contributed by atoms with van der Waals surface area (Å²) in [5, 5.41) is 6.49. The van der Waals surface area contributed by atoms with E-state index in [1.54, 1.807) is 30.3 Å². The third-order valence-electron chi connectivity index (χ3n) is 5.50. The van der Waals surface area contributed by atoms with Crippen LogP contribution in [0.1, 0.15) is 42.1 Å². The number of halogens is 1. The lowest BCUT2D eigenvalue weighted by atomic mass is 9.73. The summed E-state index contributed by atoms with van der Waals surface area (Å²) in [7, 11) is 0. The van der Waals surface area contributed by atoms with Crippen LogP contribution in [0, 0.1) is 0 Å². The molecule has 0 spiro atoms. The van der Waals surface area contributed by atoms with E-state index in [0.717, 1.165) is 12.0 Å². The predicted molar refractivity (Wildman–Crippen MR) is 122 cm³/mol. The highest BCUT2D eigenvalue weighted by molar-refractivity contribution is 6.30. The van der Waals surface area contributed by atoms with Crippen LogP contribution in [0.5, 0.6) is 0 Å². The van der Waals surface area contributed by atoms with Gasteiger partial charge in [0.25, 0.3) is 5.91 Å². The number of rotatable bonds is 9. The van der Waals surface area contributed by atoms with Gasteiger partial charge in [0, 0.05) is 49.2 Å². The van der Waals surface area contributed by atoms with Gasteiger partial charge in [0.1, 0.15) is 0 Å². The van der Waals surface area contributed by atoms with Crippen molar-refractivity contribution in [3.05, 3.63) is 64.7 Å². The number of carbonyl (C=O) groups is 2. The number of hydrogen-bond acceptors (Lipinski definition) is 4. The van der Waals surface area contributed by atoms with Gasteiger partial charge in [-0.1, -0.05) is 29.8 Å². The monoisotopic (exact) mass is 444 g/mol. The highest BCUT2D eigenvalue weighted by Crippen LogP contribution is 2.37. The van der Waals surface area contributed by atoms with Crippen LogP contribution < -0.4 is 10.6 Å². The van der Waals surface area contributed by atoms with E-state index in [2.05, 4.69) is 10.6 Å². The number of benzene rings is 2. The second kappa shape index (κ2) is 11.3. The molecule has 6 nitrogen and oxygen atoms in total. The molecular formula is C24H29ClN2O4. The molecule has 0 aromatic heterocycles. The maximum absolute atomic E-state index is 13.4. The first-order chi connectivity index (χ1) is 15.0. The van der Waals surface area contributed by atoms with Gasteiger partial charge >= 0.3 is 0 Å². The number of hydrogen-bond donors (Lipinski definition) is 2. The maximum atomic E-state index is 13.4. The number of ether oxygens (including phenoxy) is 2. The largest absolute Gasteiger partial charge is 0.382 e. The maximum Gasteiger partial charge on any atom is 0.251 e. The number of nitrogens with one attached hydrogen (secondary N) is 2. The second-order valence-corrected chi connectivity index (χ2v) is 7.98. The molecule has 2 aromatic carbocycles. The molecule has 1 fully saturated rings. The lowest BCUT2D eigenvalue weighted by Crippen LogP contribution is -2.44. The Kier molecular flexibility index (Phi) is 8.46. The summed E-state index contributed by atoms with van der Waals surface area (Å²) in [5.74, 6) is -0.296. The smallest absolute Gasteiger partial charge is 0.251 e. The summed E-state index contributed by atoms with van der Waals surface area (Å²) < 4.78 is 10.8. The molecule has 166 valence electrons. The molecular weight excluding hydrogens is 416 g/mol. The zero-order valence-corrected chi connectivity index (χ0v) is 18.5. The fourth-order valence-electron chi connectivity index (χ4n) is 3.76. The molecule has 7 heteroatoms. The Hall–Kier alpha value is -2.41. The van der Waals surface area contributed by atoms with Gasteiger partial charge in [-0.05, 0) is 62.1 Å². The summed E-state index contributed by atoms with van der Waals surface area (Å²) >= 11 is 6.20. The van der Waals surface area contributed by atoms with Crippen molar-refractivity contribution in [1.82, 2.24) is 5.32 Å². The van der Waals surface area contributed by atoms with E-state index in [0.29, 0.717) is 62.1 Å². The van der Waals surface area contributed by atoms with Crippen molar-refractivity contribution in [2.45, 2.75) is 31.6 Å². The van der Waals surface area contributed by atoms with E-state index < -0.39 is 5.41 Å². The average Bonchev–Trinajstić information content (AvgIpc) is 2.79. The zero-order valence-electron chi connectivity index (χ0n) is 17.8. The quantitative estimate of drug-likeness (QED) is 0.569. The van der Waals surface area contributed by atoms with E-state index in [9.17, 15) is 9.59 Å². The van der Waals surface area contributed by atoms with Gasteiger partial charge in [-0.25, -0.2) is 0 Å². The molecule has 1 aliphatic rings. The molecule has 2 aromatic rings. The van der Waals surface area contributed by atoms with Crippen LogP contribution in [0.4, 0.5) is 5.69 Å².